The third-order valence-corrected chi connectivity index (χ3v) is 3.52. The zero-order chi connectivity index (χ0) is 13.5. The maximum Gasteiger partial charge on any atom is 0.251 e. The van der Waals surface area contributed by atoms with Gasteiger partial charge >= 0.3 is 0 Å². The van der Waals surface area contributed by atoms with Gasteiger partial charge in [-0.3, -0.25) is 4.79 Å². The SMILES string of the molecule is CCC(CCBr)CNC(=O)c1ccc(F)c(C)c1. The van der Waals surface area contributed by atoms with E-state index in [0.717, 1.165) is 18.2 Å². The van der Waals surface area contributed by atoms with Gasteiger partial charge in [0.1, 0.15) is 5.82 Å². The van der Waals surface area contributed by atoms with E-state index in [-0.39, 0.29) is 11.7 Å². The molecular weight excluding hydrogens is 297 g/mol. The van der Waals surface area contributed by atoms with E-state index in [1.807, 2.05) is 0 Å². The molecule has 100 valence electrons. The summed E-state index contributed by atoms with van der Waals surface area (Å²) in [7, 11) is 0. The van der Waals surface area contributed by atoms with E-state index >= 15 is 0 Å². The molecule has 1 unspecified atom stereocenters. The van der Waals surface area contributed by atoms with Crippen molar-refractivity contribution in [3.63, 3.8) is 0 Å². The number of halogens is 2. The van der Waals surface area contributed by atoms with Crippen molar-refractivity contribution in [2.75, 3.05) is 11.9 Å². The standard InChI is InChI=1S/C14H19BrFNO/c1-3-11(6-7-15)9-17-14(18)12-4-5-13(16)10(2)8-12/h4-5,8,11H,3,6-7,9H2,1-2H3,(H,17,18). The summed E-state index contributed by atoms with van der Waals surface area (Å²) in [5, 5.41) is 3.84. The van der Waals surface area contributed by atoms with Gasteiger partial charge in [-0.1, -0.05) is 29.3 Å². The molecule has 1 N–H and O–H groups in total. The van der Waals surface area contributed by atoms with Crippen LogP contribution in [0.5, 0.6) is 0 Å². The molecule has 0 aliphatic rings. The van der Waals surface area contributed by atoms with E-state index in [1.54, 1.807) is 13.0 Å². The molecule has 0 aliphatic carbocycles. The first-order chi connectivity index (χ1) is 8.58. The quantitative estimate of drug-likeness (QED) is 0.797. The zero-order valence-electron chi connectivity index (χ0n) is 10.8. The van der Waals surface area contributed by atoms with Gasteiger partial charge in [0.25, 0.3) is 5.91 Å². The third kappa shape index (κ3) is 4.41. The second-order valence-electron chi connectivity index (χ2n) is 4.43. The molecular formula is C14H19BrFNO. The molecule has 1 amide bonds. The summed E-state index contributed by atoms with van der Waals surface area (Å²) in [6, 6.07) is 4.43. The van der Waals surface area contributed by atoms with Crippen LogP contribution in [0.1, 0.15) is 35.7 Å². The first kappa shape index (κ1) is 15.2. The van der Waals surface area contributed by atoms with Crippen molar-refractivity contribution >= 4 is 21.8 Å². The van der Waals surface area contributed by atoms with E-state index in [4.69, 9.17) is 0 Å². The first-order valence-corrected chi connectivity index (χ1v) is 7.31. The van der Waals surface area contributed by atoms with Crippen molar-refractivity contribution in [1.82, 2.24) is 5.32 Å². The molecule has 0 aliphatic heterocycles. The molecule has 18 heavy (non-hydrogen) atoms. The molecule has 0 radical (unpaired) electrons. The van der Waals surface area contributed by atoms with Crippen LogP contribution in [-0.4, -0.2) is 17.8 Å². The fourth-order valence-corrected chi connectivity index (χ4v) is 2.38. The summed E-state index contributed by atoms with van der Waals surface area (Å²) in [6.07, 6.45) is 2.08. The summed E-state index contributed by atoms with van der Waals surface area (Å²) in [5.41, 5.74) is 1.01. The Morgan fingerprint density at radius 3 is 2.78 bits per heavy atom. The number of hydrogen-bond donors (Lipinski definition) is 1. The largest absolute Gasteiger partial charge is 0.352 e. The zero-order valence-corrected chi connectivity index (χ0v) is 12.4. The molecule has 1 atom stereocenters. The fraction of sp³-hybridized carbons (Fsp3) is 0.500. The fourth-order valence-electron chi connectivity index (χ4n) is 1.73. The number of carbonyl (C=O) groups excluding carboxylic acids is 1. The maximum atomic E-state index is 13.1. The molecule has 0 bridgehead atoms. The first-order valence-electron chi connectivity index (χ1n) is 6.18. The predicted octanol–water partition coefficient (Wildman–Crippen LogP) is 3.68. The lowest BCUT2D eigenvalue weighted by Gasteiger charge is -2.14. The highest BCUT2D eigenvalue weighted by atomic mass is 79.9. The summed E-state index contributed by atoms with van der Waals surface area (Å²) >= 11 is 3.41. The molecule has 2 nitrogen and oxygen atoms in total. The molecule has 0 saturated heterocycles. The van der Waals surface area contributed by atoms with Gasteiger partial charge < -0.3 is 5.32 Å². The minimum absolute atomic E-state index is 0.133. The van der Waals surface area contributed by atoms with E-state index < -0.39 is 0 Å². The minimum atomic E-state index is -0.280. The van der Waals surface area contributed by atoms with Crippen LogP contribution in [0.2, 0.25) is 0 Å². The molecule has 1 rings (SSSR count). The van der Waals surface area contributed by atoms with Crippen molar-refractivity contribution in [3.05, 3.63) is 35.1 Å². The van der Waals surface area contributed by atoms with Crippen LogP contribution in [0, 0.1) is 18.7 Å². The molecule has 4 heteroatoms. The summed E-state index contributed by atoms with van der Waals surface area (Å²) in [4.78, 5) is 11.9. The van der Waals surface area contributed by atoms with Crippen molar-refractivity contribution < 1.29 is 9.18 Å². The van der Waals surface area contributed by atoms with Crippen molar-refractivity contribution in [2.24, 2.45) is 5.92 Å². The average molecular weight is 316 g/mol. The molecule has 0 fully saturated rings. The number of carbonyl (C=O) groups is 1. The van der Waals surface area contributed by atoms with Crippen LogP contribution in [0.3, 0.4) is 0 Å². The molecule has 1 aromatic rings. The monoisotopic (exact) mass is 315 g/mol. The van der Waals surface area contributed by atoms with Gasteiger partial charge in [-0.05, 0) is 43.0 Å². The topological polar surface area (TPSA) is 29.1 Å². The molecule has 0 spiro atoms. The summed E-state index contributed by atoms with van der Waals surface area (Å²) < 4.78 is 13.1. The van der Waals surface area contributed by atoms with E-state index in [1.165, 1.54) is 12.1 Å². The Bertz CT molecular complexity index is 409. The summed E-state index contributed by atoms with van der Waals surface area (Å²) in [6.45, 7) is 4.44. The lowest BCUT2D eigenvalue weighted by Crippen LogP contribution is -2.29. The number of amides is 1. The van der Waals surface area contributed by atoms with Gasteiger partial charge in [0.15, 0.2) is 0 Å². The Hall–Kier alpha value is -0.900. The average Bonchev–Trinajstić information content (AvgIpc) is 2.37. The third-order valence-electron chi connectivity index (χ3n) is 3.07. The van der Waals surface area contributed by atoms with Crippen molar-refractivity contribution in [1.29, 1.82) is 0 Å². The van der Waals surface area contributed by atoms with Gasteiger partial charge in [-0.25, -0.2) is 4.39 Å². The van der Waals surface area contributed by atoms with E-state index in [0.29, 0.717) is 23.6 Å². The van der Waals surface area contributed by atoms with Gasteiger partial charge in [0, 0.05) is 17.4 Å². The Balaban J connectivity index is 2.57. The number of benzene rings is 1. The smallest absolute Gasteiger partial charge is 0.251 e. The lowest BCUT2D eigenvalue weighted by molar-refractivity contribution is 0.0946. The highest BCUT2D eigenvalue weighted by Crippen LogP contribution is 2.11. The van der Waals surface area contributed by atoms with Crippen LogP contribution in [0.25, 0.3) is 0 Å². The number of hydrogen-bond acceptors (Lipinski definition) is 1. The van der Waals surface area contributed by atoms with Gasteiger partial charge in [-0.15, -0.1) is 0 Å². The number of alkyl halides is 1. The normalized spacial score (nSPS) is 12.2. The van der Waals surface area contributed by atoms with Gasteiger partial charge in [0.2, 0.25) is 0 Å². The number of rotatable bonds is 6. The number of aryl methyl sites for hydroxylation is 1. The van der Waals surface area contributed by atoms with E-state index in [2.05, 4.69) is 28.2 Å². The summed E-state index contributed by atoms with van der Waals surface area (Å²) in [5.74, 6) is 0.0678. The van der Waals surface area contributed by atoms with Crippen LogP contribution < -0.4 is 5.32 Å². The van der Waals surface area contributed by atoms with Crippen LogP contribution in [0.15, 0.2) is 18.2 Å². The second kappa shape index (κ2) is 7.52. The van der Waals surface area contributed by atoms with Crippen LogP contribution in [-0.2, 0) is 0 Å². The molecule has 1 aromatic carbocycles. The second-order valence-corrected chi connectivity index (χ2v) is 5.22. The minimum Gasteiger partial charge on any atom is -0.352 e. The lowest BCUT2D eigenvalue weighted by atomic mass is 10.0. The Morgan fingerprint density at radius 1 is 1.50 bits per heavy atom. The van der Waals surface area contributed by atoms with Crippen LogP contribution >= 0.6 is 15.9 Å². The Labute approximate surface area is 116 Å². The van der Waals surface area contributed by atoms with Crippen molar-refractivity contribution in [2.45, 2.75) is 26.7 Å². The highest BCUT2D eigenvalue weighted by molar-refractivity contribution is 9.09. The maximum absolute atomic E-state index is 13.1. The highest BCUT2D eigenvalue weighted by Gasteiger charge is 2.10. The Kier molecular flexibility index (Phi) is 6.33. The Morgan fingerprint density at radius 2 is 2.22 bits per heavy atom. The number of nitrogens with one attached hydrogen (secondary N) is 1. The predicted molar refractivity (Wildman–Crippen MR) is 75.7 cm³/mol. The molecule has 0 heterocycles. The van der Waals surface area contributed by atoms with Crippen LogP contribution in [0.4, 0.5) is 4.39 Å². The molecule has 0 aromatic heterocycles. The van der Waals surface area contributed by atoms with Gasteiger partial charge in [0.05, 0.1) is 0 Å². The molecule has 0 saturated carbocycles. The van der Waals surface area contributed by atoms with Crippen molar-refractivity contribution in [3.8, 4) is 0 Å². The van der Waals surface area contributed by atoms with E-state index in [9.17, 15) is 9.18 Å². The van der Waals surface area contributed by atoms with Gasteiger partial charge in [-0.2, -0.15) is 0 Å².